The van der Waals surface area contributed by atoms with Crippen LogP contribution in [0.1, 0.15) is 73.4 Å². The Balaban J connectivity index is 0.00000144. The van der Waals surface area contributed by atoms with Crippen LogP contribution in [0.2, 0.25) is 0 Å². The maximum Gasteiger partial charge on any atom is 0.239 e. The molecule has 2 amide bonds. The van der Waals surface area contributed by atoms with E-state index in [0.717, 1.165) is 49.4 Å². The van der Waals surface area contributed by atoms with Gasteiger partial charge in [0.05, 0.1) is 6.04 Å². The Labute approximate surface area is 255 Å². The van der Waals surface area contributed by atoms with Crippen molar-refractivity contribution in [1.29, 1.82) is 0 Å². The van der Waals surface area contributed by atoms with Crippen LogP contribution >= 0.6 is 0 Å². The average molecular weight is 580 g/mol. The highest BCUT2D eigenvalue weighted by molar-refractivity contribution is 5.83. The molecule has 0 radical (unpaired) electrons. The van der Waals surface area contributed by atoms with Crippen molar-refractivity contribution in [2.75, 3.05) is 39.3 Å². The predicted molar refractivity (Wildman–Crippen MR) is 176 cm³/mol. The molecule has 1 unspecified atom stereocenters. The number of piperazine rings is 1. The van der Waals surface area contributed by atoms with Crippen LogP contribution in [0.5, 0.6) is 0 Å². The molecular weight excluding hydrogens is 522 g/mol. The van der Waals surface area contributed by atoms with Crippen LogP contribution in [0.4, 0.5) is 0 Å². The first-order valence-electron chi connectivity index (χ1n) is 15.8. The summed E-state index contributed by atoms with van der Waals surface area (Å²) in [5, 5.41) is 3.34. The Kier molecular flexibility index (Phi) is 15.2. The SMILES string of the molecule is CC(C)C.Cc1ccc(CCC(=O)N2CCN(C(=O)C(N)Cc3ccc(C)cc3C)C[C@@H]2CCCNCCN)c(C)c1. The lowest BCUT2D eigenvalue weighted by molar-refractivity contribution is -0.143. The fourth-order valence-electron chi connectivity index (χ4n) is 5.47. The Bertz CT molecular complexity index is 1130. The number of carbonyl (C=O) groups excluding carboxylic acids is 2. The summed E-state index contributed by atoms with van der Waals surface area (Å²) in [6, 6.07) is 12.1. The van der Waals surface area contributed by atoms with E-state index in [9.17, 15) is 9.59 Å². The molecule has 2 atom stereocenters. The van der Waals surface area contributed by atoms with E-state index in [1.165, 1.54) is 22.3 Å². The smallest absolute Gasteiger partial charge is 0.239 e. The molecule has 42 heavy (non-hydrogen) atoms. The van der Waals surface area contributed by atoms with Crippen LogP contribution in [-0.4, -0.2) is 73.0 Å². The zero-order chi connectivity index (χ0) is 31.2. The second kappa shape index (κ2) is 18.0. The topological polar surface area (TPSA) is 105 Å². The Morgan fingerprint density at radius 1 is 0.929 bits per heavy atom. The van der Waals surface area contributed by atoms with Gasteiger partial charge in [-0.1, -0.05) is 68.3 Å². The van der Waals surface area contributed by atoms with Crippen molar-refractivity contribution in [2.24, 2.45) is 17.4 Å². The lowest BCUT2D eigenvalue weighted by Crippen LogP contribution is -2.59. The van der Waals surface area contributed by atoms with E-state index in [0.29, 0.717) is 39.0 Å². The van der Waals surface area contributed by atoms with E-state index < -0.39 is 6.04 Å². The van der Waals surface area contributed by atoms with E-state index >= 15 is 0 Å². The van der Waals surface area contributed by atoms with Crippen LogP contribution in [0, 0.1) is 33.6 Å². The number of hydrogen-bond acceptors (Lipinski definition) is 5. The van der Waals surface area contributed by atoms with Crippen molar-refractivity contribution >= 4 is 11.8 Å². The molecule has 234 valence electrons. The van der Waals surface area contributed by atoms with Crippen LogP contribution in [0.15, 0.2) is 36.4 Å². The zero-order valence-electron chi connectivity index (χ0n) is 27.3. The second-order valence-electron chi connectivity index (χ2n) is 12.6. The first-order chi connectivity index (χ1) is 19.9. The molecule has 0 bridgehead atoms. The normalized spacial score (nSPS) is 15.8. The van der Waals surface area contributed by atoms with Gasteiger partial charge in [-0.25, -0.2) is 0 Å². The molecule has 1 aliphatic heterocycles. The number of nitrogens with zero attached hydrogens (tertiary/aromatic N) is 2. The van der Waals surface area contributed by atoms with Gasteiger partial charge in [0, 0.05) is 45.2 Å². The van der Waals surface area contributed by atoms with Gasteiger partial charge in [0.2, 0.25) is 11.8 Å². The number of benzene rings is 2. The maximum atomic E-state index is 13.4. The van der Waals surface area contributed by atoms with E-state index in [-0.39, 0.29) is 17.9 Å². The first-order valence-corrected chi connectivity index (χ1v) is 15.8. The number of amides is 2. The third-order valence-electron chi connectivity index (χ3n) is 7.69. The lowest BCUT2D eigenvalue weighted by Gasteiger charge is -2.42. The minimum atomic E-state index is -0.588. The van der Waals surface area contributed by atoms with Crippen molar-refractivity contribution in [3.05, 3.63) is 69.8 Å². The average Bonchev–Trinajstić information content (AvgIpc) is 2.93. The quantitative estimate of drug-likeness (QED) is 0.322. The largest absolute Gasteiger partial charge is 0.338 e. The van der Waals surface area contributed by atoms with Gasteiger partial charge in [-0.3, -0.25) is 9.59 Å². The van der Waals surface area contributed by atoms with E-state index in [2.05, 4.69) is 90.2 Å². The van der Waals surface area contributed by atoms with E-state index in [1.54, 1.807) is 0 Å². The second-order valence-corrected chi connectivity index (χ2v) is 12.6. The molecule has 3 rings (SSSR count). The number of aryl methyl sites for hydroxylation is 5. The number of rotatable bonds is 12. The molecule has 2 aromatic rings. The van der Waals surface area contributed by atoms with Gasteiger partial charge >= 0.3 is 0 Å². The van der Waals surface area contributed by atoms with E-state index in [4.69, 9.17) is 11.5 Å². The minimum Gasteiger partial charge on any atom is -0.338 e. The highest BCUT2D eigenvalue weighted by Crippen LogP contribution is 2.20. The molecule has 1 aliphatic rings. The van der Waals surface area contributed by atoms with Gasteiger partial charge in [0.25, 0.3) is 0 Å². The molecular formula is C35H57N5O2. The summed E-state index contributed by atoms with van der Waals surface area (Å²) in [5.74, 6) is 0.968. The molecule has 0 aromatic heterocycles. The number of carbonyl (C=O) groups is 2. The lowest BCUT2D eigenvalue weighted by atomic mass is 9.98. The fourth-order valence-corrected chi connectivity index (χ4v) is 5.47. The number of nitrogens with two attached hydrogens (primary N) is 2. The summed E-state index contributed by atoms with van der Waals surface area (Å²) >= 11 is 0. The van der Waals surface area contributed by atoms with Crippen LogP contribution in [0.25, 0.3) is 0 Å². The van der Waals surface area contributed by atoms with Crippen molar-refractivity contribution < 1.29 is 9.59 Å². The Morgan fingerprint density at radius 3 is 2.10 bits per heavy atom. The highest BCUT2D eigenvalue weighted by Gasteiger charge is 2.33. The monoisotopic (exact) mass is 579 g/mol. The summed E-state index contributed by atoms with van der Waals surface area (Å²) in [6.45, 7) is 18.7. The molecule has 0 saturated carbocycles. The molecule has 7 nitrogen and oxygen atoms in total. The van der Waals surface area contributed by atoms with Crippen LogP contribution < -0.4 is 16.8 Å². The molecule has 5 N–H and O–H groups in total. The van der Waals surface area contributed by atoms with Crippen molar-refractivity contribution in [3.8, 4) is 0 Å². The minimum absolute atomic E-state index is 0.00713. The summed E-state index contributed by atoms with van der Waals surface area (Å²) in [4.78, 5) is 30.6. The van der Waals surface area contributed by atoms with Gasteiger partial charge in [0.1, 0.15) is 0 Å². The highest BCUT2D eigenvalue weighted by atomic mass is 16.2. The molecule has 0 aliphatic carbocycles. The molecule has 2 aromatic carbocycles. The van der Waals surface area contributed by atoms with Gasteiger partial charge in [-0.15, -0.1) is 0 Å². The summed E-state index contributed by atoms with van der Waals surface area (Å²) in [6.07, 6.45) is 3.49. The third-order valence-corrected chi connectivity index (χ3v) is 7.69. The summed E-state index contributed by atoms with van der Waals surface area (Å²) in [7, 11) is 0. The van der Waals surface area contributed by atoms with Crippen molar-refractivity contribution in [2.45, 2.75) is 92.7 Å². The first kappa shape index (κ1) is 35.5. The van der Waals surface area contributed by atoms with E-state index in [1.807, 2.05) is 9.80 Å². The zero-order valence-corrected chi connectivity index (χ0v) is 27.3. The van der Waals surface area contributed by atoms with Crippen molar-refractivity contribution in [1.82, 2.24) is 15.1 Å². The third kappa shape index (κ3) is 11.9. The molecule has 1 heterocycles. The standard InChI is InChI=1S/C31H47N5O2.C4H10/c1-22-7-9-26(24(3)18-22)11-12-30(37)36-17-16-35(21-28(36)6-5-14-34-15-13-32)31(38)29(33)20-27-10-8-23(2)19-25(27)4;1-4(2)3/h7-10,18-19,28-29,34H,5-6,11-17,20-21,32-33H2,1-4H3;4H,1-3H3/t28-,29?;/m0./s1. The van der Waals surface area contributed by atoms with Gasteiger partial charge in [-0.05, 0) is 88.1 Å². The molecule has 7 heteroatoms. The summed E-state index contributed by atoms with van der Waals surface area (Å²) < 4.78 is 0. The van der Waals surface area contributed by atoms with Gasteiger partial charge in [-0.2, -0.15) is 0 Å². The number of hydrogen-bond donors (Lipinski definition) is 3. The fraction of sp³-hybridized carbons (Fsp3) is 0.600. The maximum absolute atomic E-state index is 13.4. The van der Waals surface area contributed by atoms with Gasteiger partial charge in [0.15, 0.2) is 0 Å². The molecule has 1 saturated heterocycles. The predicted octanol–water partition coefficient (Wildman–Crippen LogP) is 4.45. The van der Waals surface area contributed by atoms with Crippen LogP contribution in [0.3, 0.4) is 0 Å². The van der Waals surface area contributed by atoms with Gasteiger partial charge < -0.3 is 26.6 Å². The number of nitrogens with one attached hydrogen (secondary N) is 1. The van der Waals surface area contributed by atoms with Crippen LogP contribution in [-0.2, 0) is 22.4 Å². The molecule has 1 fully saturated rings. The Hall–Kier alpha value is -2.74. The summed E-state index contributed by atoms with van der Waals surface area (Å²) in [5.41, 5.74) is 19.2. The molecule has 0 spiro atoms. The van der Waals surface area contributed by atoms with Crippen molar-refractivity contribution in [3.63, 3.8) is 0 Å². The Morgan fingerprint density at radius 2 is 1.52 bits per heavy atom.